The first kappa shape index (κ1) is 9.03. The van der Waals surface area contributed by atoms with Crippen LogP contribution in [0.1, 0.15) is 18.6 Å². The molecule has 3 heteroatoms. The molecule has 0 aliphatic heterocycles. The molecule has 1 aromatic rings. The number of hydrogen-bond donors (Lipinski definition) is 3. The molecule has 0 fully saturated rings. The molecule has 0 heterocycles. The maximum atomic E-state index is 9.36. The lowest BCUT2D eigenvalue weighted by Crippen LogP contribution is -2.13. The molecule has 0 bridgehead atoms. The van der Waals surface area contributed by atoms with Crippen molar-refractivity contribution >= 4 is 0 Å². The lowest BCUT2D eigenvalue weighted by atomic mass is 10.1. The predicted molar refractivity (Wildman–Crippen MR) is 44.7 cm³/mol. The van der Waals surface area contributed by atoms with Crippen molar-refractivity contribution in [3.8, 4) is 5.75 Å². The first-order valence-corrected chi connectivity index (χ1v) is 3.76. The fourth-order valence-electron chi connectivity index (χ4n) is 0.950. The molecule has 3 nitrogen and oxygen atoms in total. The second kappa shape index (κ2) is 3.56. The van der Waals surface area contributed by atoms with Crippen LogP contribution in [0.15, 0.2) is 24.3 Å². The summed E-state index contributed by atoms with van der Waals surface area (Å²) < 4.78 is 0. The quantitative estimate of drug-likeness (QED) is 0.612. The lowest BCUT2D eigenvalue weighted by Gasteiger charge is -2.13. The van der Waals surface area contributed by atoms with E-state index in [0.29, 0.717) is 5.56 Å². The third-order valence-corrected chi connectivity index (χ3v) is 1.69. The summed E-state index contributed by atoms with van der Waals surface area (Å²) in [6.45, 7) is 1.51. The zero-order valence-corrected chi connectivity index (χ0v) is 6.81. The van der Waals surface area contributed by atoms with E-state index in [1.165, 1.54) is 19.1 Å². The summed E-state index contributed by atoms with van der Waals surface area (Å²) in [5, 5.41) is 27.3. The van der Waals surface area contributed by atoms with Gasteiger partial charge in [-0.2, -0.15) is 0 Å². The highest BCUT2D eigenvalue weighted by atomic mass is 16.3. The zero-order chi connectivity index (χ0) is 9.14. The van der Waals surface area contributed by atoms with Crippen molar-refractivity contribution in [2.24, 2.45) is 0 Å². The molecule has 66 valence electrons. The average Bonchev–Trinajstić information content (AvgIpc) is 2.04. The molecule has 0 aromatic heterocycles. The summed E-state index contributed by atoms with van der Waals surface area (Å²) in [7, 11) is 0. The Kier molecular flexibility index (Phi) is 2.68. The Morgan fingerprint density at radius 1 is 1.08 bits per heavy atom. The van der Waals surface area contributed by atoms with Crippen LogP contribution in [-0.4, -0.2) is 21.4 Å². The topological polar surface area (TPSA) is 60.7 Å². The van der Waals surface area contributed by atoms with E-state index in [1.807, 2.05) is 0 Å². The Morgan fingerprint density at radius 2 is 1.58 bits per heavy atom. The summed E-state index contributed by atoms with van der Waals surface area (Å²) in [5.74, 6) is 0.150. The third-order valence-electron chi connectivity index (χ3n) is 1.69. The van der Waals surface area contributed by atoms with E-state index < -0.39 is 12.2 Å². The fourth-order valence-corrected chi connectivity index (χ4v) is 0.950. The summed E-state index contributed by atoms with van der Waals surface area (Å²) in [6, 6.07) is 6.10. The number of aliphatic hydroxyl groups is 2. The van der Waals surface area contributed by atoms with Gasteiger partial charge in [-0.25, -0.2) is 0 Å². The second-order valence-electron chi connectivity index (χ2n) is 2.78. The fraction of sp³-hybridized carbons (Fsp3) is 0.333. The van der Waals surface area contributed by atoms with Gasteiger partial charge in [-0.15, -0.1) is 0 Å². The molecule has 12 heavy (non-hydrogen) atoms. The molecule has 0 spiro atoms. The lowest BCUT2D eigenvalue weighted by molar-refractivity contribution is 0.0305. The molecular weight excluding hydrogens is 156 g/mol. The summed E-state index contributed by atoms with van der Waals surface area (Å²) >= 11 is 0. The maximum Gasteiger partial charge on any atom is 0.115 e. The maximum absolute atomic E-state index is 9.36. The van der Waals surface area contributed by atoms with Crippen LogP contribution < -0.4 is 0 Å². The van der Waals surface area contributed by atoms with Gasteiger partial charge < -0.3 is 15.3 Å². The molecule has 2 unspecified atom stereocenters. The molecule has 1 aromatic carbocycles. The van der Waals surface area contributed by atoms with Gasteiger partial charge in [0, 0.05) is 0 Å². The summed E-state index contributed by atoms with van der Waals surface area (Å²) in [4.78, 5) is 0. The van der Waals surface area contributed by atoms with Gasteiger partial charge in [0.05, 0.1) is 6.10 Å². The Bertz CT molecular complexity index is 240. The summed E-state index contributed by atoms with van der Waals surface area (Å²) in [6.07, 6.45) is -1.68. The van der Waals surface area contributed by atoms with Crippen molar-refractivity contribution in [3.05, 3.63) is 29.8 Å². The minimum atomic E-state index is -0.884. The van der Waals surface area contributed by atoms with E-state index in [4.69, 9.17) is 10.2 Å². The van der Waals surface area contributed by atoms with E-state index in [1.54, 1.807) is 12.1 Å². The highest BCUT2D eigenvalue weighted by molar-refractivity contribution is 5.27. The van der Waals surface area contributed by atoms with Crippen molar-refractivity contribution < 1.29 is 15.3 Å². The minimum Gasteiger partial charge on any atom is -0.508 e. The molecule has 0 amide bonds. The predicted octanol–water partition coefficient (Wildman–Crippen LogP) is 0.806. The van der Waals surface area contributed by atoms with Gasteiger partial charge in [-0.3, -0.25) is 0 Å². The largest absolute Gasteiger partial charge is 0.508 e. The molecule has 0 radical (unpaired) electrons. The molecule has 0 aliphatic rings. The van der Waals surface area contributed by atoms with Gasteiger partial charge in [-0.1, -0.05) is 12.1 Å². The van der Waals surface area contributed by atoms with E-state index in [-0.39, 0.29) is 5.75 Å². The van der Waals surface area contributed by atoms with Gasteiger partial charge in [-0.05, 0) is 24.6 Å². The van der Waals surface area contributed by atoms with Crippen LogP contribution in [0.2, 0.25) is 0 Å². The van der Waals surface area contributed by atoms with Gasteiger partial charge in [0.2, 0.25) is 0 Å². The monoisotopic (exact) mass is 168 g/mol. The number of phenolic OH excluding ortho intramolecular Hbond substituents is 1. The summed E-state index contributed by atoms with van der Waals surface area (Å²) in [5.41, 5.74) is 0.600. The molecule has 3 N–H and O–H groups in total. The van der Waals surface area contributed by atoms with Crippen molar-refractivity contribution in [2.75, 3.05) is 0 Å². The number of hydrogen-bond acceptors (Lipinski definition) is 3. The Labute approximate surface area is 70.9 Å². The number of phenols is 1. The molecule has 0 saturated heterocycles. The van der Waals surface area contributed by atoms with E-state index in [0.717, 1.165) is 0 Å². The van der Waals surface area contributed by atoms with Crippen LogP contribution in [0.5, 0.6) is 5.75 Å². The van der Waals surface area contributed by atoms with Crippen LogP contribution >= 0.6 is 0 Å². The van der Waals surface area contributed by atoms with Crippen molar-refractivity contribution in [2.45, 2.75) is 19.1 Å². The van der Waals surface area contributed by atoms with E-state index >= 15 is 0 Å². The third kappa shape index (κ3) is 1.96. The number of aliphatic hydroxyl groups excluding tert-OH is 2. The normalized spacial score (nSPS) is 15.6. The van der Waals surface area contributed by atoms with E-state index in [9.17, 15) is 5.11 Å². The SMILES string of the molecule is CC(O)C(O)c1ccc(O)cc1. The van der Waals surface area contributed by atoms with Crippen molar-refractivity contribution in [1.82, 2.24) is 0 Å². The van der Waals surface area contributed by atoms with Crippen molar-refractivity contribution in [1.29, 1.82) is 0 Å². The molecule has 1 rings (SSSR count). The highest BCUT2D eigenvalue weighted by Gasteiger charge is 2.12. The first-order chi connectivity index (χ1) is 5.61. The molecule has 0 aliphatic carbocycles. The van der Waals surface area contributed by atoms with Crippen LogP contribution in [0.25, 0.3) is 0 Å². The second-order valence-corrected chi connectivity index (χ2v) is 2.78. The number of aromatic hydroxyl groups is 1. The number of rotatable bonds is 2. The van der Waals surface area contributed by atoms with Gasteiger partial charge in [0.25, 0.3) is 0 Å². The standard InChI is InChI=1S/C9H12O3/c1-6(10)9(12)7-2-4-8(11)5-3-7/h2-6,9-12H,1H3. The molecule has 0 saturated carbocycles. The van der Waals surface area contributed by atoms with Crippen LogP contribution in [0.3, 0.4) is 0 Å². The van der Waals surface area contributed by atoms with Gasteiger partial charge >= 0.3 is 0 Å². The van der Waals surface area contributed by atoms with Crippen LogP contribution in [-0.2, 0) is 0 Å². The van der Waals surface area contributed by atoms with Gasteiger partial charge in [0.1, 0.15) is 11.9 Å². The van der Waals surface area contributed by atoms with Crippen LogP contribution in [0, 0.1) is 0 Å². The van der Waals surface area contributed by atoms with Crippen molar-refractivity contribution in [3.63, 3.8) is 0 Å². The van der Waals surface area contributed by atoms with E-state index in [2.05, 4.69) is 0 Å². The molecule has 2 atom stereocenters. The average molecular weight is 168 g/mol. The Morgan fingerprint density at radius 3 is 2.00 bits per heavy atom. The minimum absolute atomic E-state index is 0.150. The highest BCUT2D eigenvalue weighted by Crippen LogP contribution is 2.18. The Balaban J connectivity index is 2.82. The Hall–Kier alpha value is -1.06. The zero-order valence-electron chi connectivity index (χ0n) is 6.81. The van der Waals surface area contributed by atoms with Crippen LogP contribution in [0.4, 0.5) is 0 Å². The number of benzene rings is 1. The first-order valence-electron chi connectivity index (χ1n) is 3.76. The molecular formula is C9H12O3. The van der Waals surface area contributed by atoms with Gasteiger partial charge in [0.15, 0.2) is 0 Å². The smallest absolute Gasteiger partial charge is 0.115 e.